The number of methoxy groups -OCH3 is 1. The Hall–Kier alpha value is -3.25. The van der Waals surface area contributed by atoms with Crippen molar-refractivity contribution in [3.63, 3.8) is 0 Å². The highest BCUT2D eigenvalue weighted by Gasteiger charge is 2.23. The maximum absolute atomic E-state index is 5.22. The van der Waals surface area contributed by atoms with Gasteiger partial charge in [-0.3, -0.25) is 0 Å². The second-order valence-electron chi connectivity index (χ2n) is 6.88. The Morgan fingerprint density at radius 1 is 0.828 bits per heavy atom. The smallest absolute Gasteiger partial charge is 0.118 e. The molecule has 6 heteroatoms. The van der Waals surface area contributed by atoms with Gasteiger partial charge in [-0.1, -0.05) is 53.4 Å². The minimum absolute atomic E-state index is 0.678. The molecule has 1 aliphatic heterocycles. The van der Waals surface area contributed by atoms with Crippen LogP contribution in [0, 0.1) is 0 Å². The molecule has 2 heterocycles. The summed E-state index contributed by atoms with van der Waals surface area (Å²) >= 11 is 1.81. The second-order valence-corrected chi connectivity index (χ2v) is 7.96. The number of anilines is 2. The lowest BCUT2D eigenvalue weighted by molar-refractivity contribution is 0.414. The minimum atomic E-state index is 0.678. The summed E-state index contributed by atoms with van der Waals surface area (Å²) in [4.78, 5) is 4.84. The lowest BCUT2D eigenvalue weighted by atomic mass is 10.2. The number of benzene rings is 3. The van der Waals surface area contributed by atoms with Crippen LogP contribution >= 0.6 is 11.8 Å². The van der Waals surface area contributed by atoms with Crippen molar-refractivity contribution in [1.29, 1.82) is 0 Å². The van der Waals surface area contributed by atoms with Gasteiger partial charge in [0.15, 0.2) is 0 Å². The van der Waals surface area contributed by atoms with E-state index in [0.29, 0.717) is 13.1 Å². The van der Waals surface area contributed by atoms with E-state index < -0.39 is 0 Å². The van der Waals surface area contributed by atoms with E-state index in [1.54, 1.807) is 7.11 Å². The Kier molecular flexibility index (Phi) is 4.69. The van der Waals surface area contributed by atoms with Gasteiger partial charge < -0.3 is 9.64 Å². The Morgan fingerprint density at radius 3 is 2.14 bits per heavy atom. The SMILES string of the molecule is COc1ccc(Cn2cc(CN3c4ccccc4Sc4ccccc43)nn2)cc1. The second kappa shape index (κ2) is 7.64. The maximum Gasteiger partial charge on any atom is 0.118 e. The molecule has 0 N–H and O–H groups in total. The number of fused-ring (bicyclic) bond motifs is 2. The predicted molar refractivity (Wildman–Crippen MR) is 115 cm³/mol. The fourth-order valence-electron chi connectivity index (χ4n) is 3.52. The van der Waals surface area contributed by atoms with E-state index in [0.717, 1.165) is 17.0 Å². The molecule has 0 unspecified atom stereocenters. The molecule has 0 fully saturated rings. The van der Waals surface area contributed by atoms with Gasteiger partial charge in [-0.25, -0.2) is 4.68 Å². The van der Waals surface area contributed by atoms with E-state index >= 15 is 0 Å². The molecule has 5 nitrogen and oxygen atoms in total. The van der Waals surface area contributed by atoms with E-state index in [4.69, 9.17) is 4.74 Å². The normalized spacial score (nSPS) is 12.4. The molecule has 0 radical (unpaired) electrons. The Balaban J connectivity index is 1.40. The van der Waals surface area contributed by atoms with Crippen molar-refractivity contribution >= 4 is 23.1 Å². The highest BCUT2D eigenvalue weighted by molar-refractivity contribution is 7.99. The molecule has 0 atom stereocenters. The summed E-state index contributed by atoms with van der Waals surface area (Å²) < 4.78 is 7.11. The number of nitrogens with zero attached hydrogens (tertiary/aromatic N) is 4. The summed E-state index contributed by atoms with van der Waals surface area (Å²) in [6, 6.07) is 25.0. The largest absolute Gasteiger partial charge is 0.497 e. The van der Waals surface area contributed by atoms with Gasteiger partial charge in [0.1, 0.15) is 11.4 Å². The summed E-state index contributed by atoms with van der Waals surface area (Å²) in [7, 11) is 1.67. The standard InChI is InChI=1S/C23H20N4OS/c1-28-19-12-10-17(11-13-19)14-26-15-18(24-25-26)16-27-20-6-2-4-8-22(20)29-23-9-5-3-7-21(23)27/h2-13,15H,14,16H2,1H3. The molecule has 29 heavy (non-hydrogen) atoms. The quantitative estimate of drug-likeness (QED) is 0.464. The fourth-order valence-corrected chi connectivity index (χ4v) is 4.62. The summed E-state index contributed by atoms with van der Waals surface area (Å²) in [5.41, 5.74) is 4.52. The fraction of sp³-hybridized carbons (Fsp3) is 0.130. The van der Waals surface area contributed by atoms with Gasteiger partial charge in [-0.2, -0.15) is 0 Å². The lowest BCUT2D eigenvalue weighted by Gasteiger charge is -2.32. The molecule has 0 bridgehead atoms. The highest BCUT2D eigenvalue weighted by Crippen LogP contribution is 2.48. The first-order valence-corrected chi connectivity index (χ1v) is 10.3. The predicted octanol–water partition coefficient (Wildman–Crippen LogP) is 5.14. The highest BCUT2D eigenvalue weighted by atomic mass is 32.2. The summed E-state index contributed by atoms with van der Waals surface area (Å²) in [5.74, 6) is 0.855. The molecule has 144 valence electrons. The van der Waals surface area contributed by atoms with E-state index in [1.807, 2.05) is 34.8 Å². The third-order valence-corrected chi connectivity index (χ3v) is 6.07. The van der Waals surface area contributed by atoms with Crippen LogP contribution in [0.3, 0.4) is 0 Å². The van der Waals surface area contributed by atoms with Gasteiger partial charge in [-0.15, -0.1) is 5.10 Å². The van der Waals surface area contributed by atoms with Crippen LogP contribution in [0.1, 0.15) is 11.3 Å². The number of para-hydroxylation sites is 2. The van der Waals surface area contributed by atoms with Crippen molar-refractivity contribution in [3.05, 3.63) is 90.3 Å². The molecular weight excluding hydrogens is 380 g/mol. The summed E-state index contributed by atoms with van der Waals surface area (Å²) in [5, 5.41) is 8.76. The van der Waals surface area contributed by atoms with Gasteiger partial charge in [0, 0.05) is 9.79 Å². The third kappa shape index (κ3) is 3.59. The minimum Gasteiger partial charge on any atom is -0.497 e. The molecular formula is C23H20N4OS. The van der Waals surface area contributed by atoms with Gasteiger partial charge >= 0.3 is 0 Å². The molecule has 1 aromatic heterocycles. The zero-order valence-electron chi connectivity index (χ0n) is 16.0. The molecule has 0 saturated carbocycles. The first-order valence-electron chi connectivity index (χ1n) is 9.45. The van der Waals surface area contributed by atoms with Crippen LogP contribution in [0.5, 0.6) is 5.75 Å². The third-order valence-electron chi connectivity index (χ3n) is 4.94. The van der Waals surface area contributed by atoms with Crippen molar-refractivity contribution in [2.24, 2.45) is 0 Å². The number of hydrogen-bond donors (Lipinski definition) is 0. The van der Waals surface area contributed by atoms with Crippen LogP contribution < -0.4 is 9.64 Å². The van der Waals surface area contributed by atoms with Crippen molar-refractivity contribution in [3.8, 4) is 5.75 Å². The van der Waals surface area contributed by atoms with Crippen molar-refractivity contribution in [2.75, 3.05) is 12.0 Å². The molecule has 0 spiro atoms. The van der Waals surface area contributed by atoms with Crippen LogP contribution in [0.15, 0.2) is 88.8 Å². The van der Waals surface area contributed by atoms with E-state index in [9.17, 15) is 0 Å². The van der Waals surface area contributed by atoms with Crippen LogP contribution in [-0.2, 0) is 13.1 Å². The van der Waals surface area contributed by atoms with Crippen LogP contribution in [0.2, 0.25) is 0 Å². The Bertz CT molecular complexity index is 1090. The Labute approximate surface area is 173 Å². The Morgan fingerprint density at radius 2 is 1.48 bits per heavy atom. The van der Waals surface area contributed by atoms with Gasteiger partial charge in [0.05, 0.1) is 37.8 Å². The molecule has 4 aromatic rings. The van der Waals surface area contributed by atoms with Crippen molar-refractivity contribution in [2.45, 2.75) is 22.9 Å². The molecule has 0 amide bonds. The van der Waals surface area contributed by atoms with Gasteiger partial charge in [-0.05, 0) is 42.0 Å². The number of ether oxygens (including phenoxy) is 1. The molecule has 3 aromatic carbocycles. The zero-order valence-corrected chi connectivity index (χ0v) is 16.8. The van der Waals surface area contributed by atoms with Crippen LogP contribution in [0.4, 0.5) is 11.4 Å². The number of hydrogen-bond acceptors (Lipinski definition) is 5. The molecule has 5 rings (SSSR count). The number of rotatable bonds is 5. The monoisotopic (exact) mass is 400 g/mol. The van der Waals surface area contributed by atoms with Gasteiger partial charge in [0.25, 0.3) is 0 Å². The van der Waals surface area contributed by atoms with Gasteiger partial charge in [0.2, 0.25) is 0 Å². The lowest BCUT2D eigenvalue weighted by Crippen LogP contribution is -2.20. The van der Waals surface area contributed by atoms with Crippen LogP contribution in [-0.4, -0.2) is 22.1 Å². The summed E-state index contributed by atoms with van der Waals surface area (Å²) in [6.45, 7) is 1.36. The van der Waals surface area contributed by atoms with Crippen molar-refractivity contribution < 1.29 is 4.74 Å². The summed E-state index contributed by atoms with van der Waals surface area (Å²) in [6.07, 6.45) is 2.03. The zero-order chi connectivity index (χ0) is 19.6. The molecule has 0 aliphatic carbocycles. The molecule has 1 aliphatic rings. The maximum atomic E-state index is 5.22. The first-order chi connectivity index (χ1) is 14.3. The average molecular weight is 401 g/mol. The van der Waals surface area contributed by atoms with E-state index in [1.165, 1.54) is 21.2 Å². The number of aromatic nitrogens is 3. The first kappa shape index (κ1) is 17.8. The van der Waals surface area contributed by atoms with E-state index in [2.05, 4.69) is 75.9 Å². The van der Waals surface area contributed by atoms with Crippen LogP contribution in [0.25, 0.3) is 0 Å². The average Bonchev–Trinajstić information content (AvgIpc) is 3.21. The molecule has 0 saturated heterocycles. The van der Waals surface area contributed by atoms with E-state index in [-0.39, 0.29) is 0 Å². The topological polar surface area (TPSA) is 43.2 Å². The van der Waals surface area contributed by atoms with Crippen molar-refractivity contribution in [1.82, 2.24) is 15.0 Å².